The third-order valence-electron chi connectivity index (χ3n) is 5.01. The first-order valence-corrected chi connectivity index (χ1v) is 12.0. The summed E-state index contributed by atoms with van der Waals surface area (Å²) in [4.78, 5) is 16.5. The number of amides is 1. The fourth-order valence-electron chi connectivity index (χ4n) is 3.39. The van der Waals surface area contributed by atoms with Gasteiger partial charge < -0.3 is 14.2 Å². The van der Waals surface area contributed by atoms with E-state index in [-0.39, 0.29) is 5.57 Å². The van der Waals surface area contributed by atoms with Crippen molar-refractivity contribution in [3.05, 3.63) is 82.9 Å². The molecule has 0 atom stereocenters. The second-order valence-corrected chi connectivity index (χ2v) is 8.22. The number of para-hydroxylation sites is 1. The van der Waals surface area contributed by atoms with Crippen LogP contribution in [0, 0.1) is 11.3 Å². The molecule has 3 rings (SSSR count). The predicted molar refractivity (Wildman–Crippen MR) is 138 cm³/mol. The number of nitrogens with one attached hydrogen (secondary N) is 1. The van der Waals surface area contributed by atoms with Crippen molar-refractivity contribution in [3.63, 3.8) is 0 Å². The summed E-state index contributed by atoms with van der Waals surface area (Å²) in [5, 5.41) is 14.3. The Morgan fingerprint density at radius 1 is 1.20 bits per heavy atom. The zero-order chi connectivity index (χ0) is 25.0. The fraction of sp³-hybridized carbons (Fsp3) is 0.222. The van der Waals surface area contributed by atoms with Gasteiger partial charge in [-0.15, -0.1) is 17.9 Å². The van der Waals surface area contributed by atoms with Gasteiger partial charge in [0.25, 0.3) is 5.91 Å². The first kappa shape index (κ1) is 25.5. The number of allylic oxidation sites excluding steroid dienone is 1. The molecule has 0 saturated carbocycles. The molecule has 1 N–H and O–H groups in total. The first-order chi connectivity index (χ1) is 17.1. The minimum absolute atomic E-state index is 0.0523. The van der Waals surface area contributed by atoms with E-state index in [4.69, 9.17) is 14.2 Å². The number of thiazole rings is 1. The predicted octanol–water partition coefficient (Wildman–Crippen LogP) is 5.45. The van der Waals surface area contributed by atoms with E-state index in [0.717, 1.165) is 23.3 Å². The SMILES string of the molecule is C=CCc1cc(C=C(C#N)C(=O)Nc2nccs2)cc(OC)c1OCCOc1ccccc1CC. The van der Waals surface area contributed by atoms with E-state index in [9.17, 15) is 10.1 Å². The molecule has 8 heteroatoms. The van der Waals surface area contributed by atoms with Crippen molar-refractivity contribution in [2.45, 2.75) is 19.8 Å². The highest BCUT2D eigenvalue weighted by atomic mass is 32.1. The molecule has 2 aromatic carbocycles. The van der Waals surface area contributed by atoms with Crippen LogP contribution in [0.15, 0.2) is 66.2 Å². The summed E-state index contributed by atoms with van der Waals surface area (Å²) in [6.07, 6.45) is 6.24. The topological polar surface area (TPSA) is 93.5 Å². The molecule has 0 bridgehead atoms. The molecular formula is C27H27N3O4S. The molecule has 0 aliphatic heterocycles. The van der Waals surface area contributed by atoms with E-state index in [0.29, 0.717) is 41.8 Å². The van der Waals surface area contributed by atoms with Crippen LogP contribution in [-0.2, 0) is 17.6 Å². The van der Waals surface area contributed by atoms with E-state index in [1.54, 1.807) is 30.8 Å². The lowest BCUT2D eigenvalue weighted by molar-refractivity contribution is -0.112. The molecule has 1 amide bonds. The van der Waals surface area contributed by atoms with Gasteiger partial charge in [0.2, 0.25) is 0 Å². The van der Waals surface area contributed by atoms with Gasteiger partial charge in [-0.1, -0.05) is 31.2 Å². The third-order valence-corrected chi connectivity index (χ3v) is 5.70. The number of hydrogen-bond acceptors (Lipinski definition) is 7. The highest BCUT2D eigenvalue weighted by molar-refractivity contribution is 7.13. The van der Waals surface area contributed by atoms with Crippen molar-refractivity contribution >= 4 is 28.5 Å². The van der Waals surface area contributed by atoms with Crippen LogP contribution in [0.25, 0.3) is 6.08 Å². The zero-order valence-electron chi connectivity index (χ0n) is 19.7. The second kappa shape index (κ2) is 13.0. The Balaban J connectivity index is 1.77. The summed E-state index contributed by atoms with van der Waals surface area (Å²) >= 11 is 1.27. The molecule has 0 unspecified atom stereocenters. The van der Waals surface area contributed by atoms with Gasteiger partial charge >= 0.3 is 0 Å². The summed E-state index contributed by atoms with van der Waals surface area (Å²) in [7, 11) is 1.54. The van der Waals surface area contributed by atoms with Gasteiger partial charge in [0.1, 0.15) is 30.6 Å². The van der Waals surface area contributed by atoms with Gasteiger partial charge in [-0.25, -0.2) is 4.98 Å². The number of anilines is 1. The largest absolute Gasteiger partial charge is 0.493 e. The number of aromatic nitrogens is 1. The van der Waals surface area contributed by atoms with Gasteiger partial charge in [0.15, 0.2) is 16.6 Å². The van der Waals surface area contributed by atoms with Crippen LogP contribution in [0.5, 0.6) is 17.2 Å². The van der Waals surface area contributed by atoms with E-state index in [1.807, 2.05) is 36.4 Å². The highest BCUT2D eigenvalue weighted by Crippen LogP contribution is 2.34. The van der Waals surface area contributed by atoms with Crippen LogP contribution >= 0.6 is 11.3 Å². The van der Waals surface area contributed by atoms with Crippen molar-refractivity contribution in [1.82, 2.24) is 4.98 Å². The third kappa shape index (κ3) is 6.95. The highest BCUT2D eigenvalue weighted by Gasteiger charge is 2.15. The number of carbonyl (C=O) groups excluding carboxylic acids is 1. The molecule has 1 heterocycles. The lowest BCUT2D eigenvalue weighted by atomic mass is 10.0. The van der Waals surface area contributed by atoms with Crippen molar-refractivity contribution in [2.24, 2.45) is 0 Å². The van der Waals surface area contributed by atoms with Crippen LogP contribution in [0.3, 0.4) is 0 Å². The zero-order valence-corrected chi connectivity index (χ0v) is 20.6. The maximum absolute atomic E-state index is 12.5. The Morgan fingerprint density at radius 3 is 2.69 bits per heavy atom. The van der Waals surface area contributed by atoms with Gasteiger partial charge in [0, 0.05) is 17.1 Å². The average molecular weight is 490 g/mol. The number of nitrogens with zero attached hydrogens (tertiary/aromatic N) is 2. The van der Waals surface area contributed by atoms with Gasteiger partial charge in [-0.3, -0.25) is 10.1 Å². The average Bonchev–Trinajstić information content (AvgIpc) is 3.39. The normalized spacial score (nSPS) is 10.8. The van der Waals surface area contributed by atoms with Crippen LogP contribution in [0.2, 0.25) is 0 Å². The summed E-state index contributed by atoms with van der Waals surface area (Å²) in [6, 6.07) is 13.4. The fourth-order valence-corrected chi connectivity index (χ4v) is 3.91. The Labute approximate surface area is 209 Å². The van der Waals surface area contributed by atoms with Gasteiger partial charge in [-0.05, 0) is 48.2 Å². The molecule has 0 radical (unpaired) electrons. The molecular weight excluding hydrogens is 462 g/mol. The number of hydrogen-bond donors (Lipinski definition) is 1. The lowest BCUT2D eigenvalue weighted by Gasteiger charge is -2.17. The minimum atomic E-state index is -0.531. The molecule has 7 nitrogen and oxygen atoms in total. The number of aryl methyl sites for hydroxylation is 1. The number of benzene rings is 2. The smallest absolute Gasteiger partial charge is 0.268 e. The minimum Gasteiger partial charge on any atom is -0.493 e. The van der Waals surface area contributed by atoms with Gasteiger partial charge in [-0.2, -0.15) is 5.26 Å². The lowest BCUT2D eigenvalue weighted by Crippen LogP contribution is -2.13. The summed E-state index contributed by atoms with van der Waals surface area (Å²) in [5.74, 6) is 1.37. The van der Waals surface area contributed by atoms with Gasteiger partial charge in [0.05, 0.1) is 7.11 Å². The summed E-state index contributed by atoms with van der Waals surface area (Å²) < 4.78 is 17.5. The summed E-state index contributed by atoms with van der Waals surface area (Å²) in [5.41, 5.74) is 2.53. The first-order valence-electron chi connectivity index (χ1n) is 11.1. The monoisotopic (exact) mass is 489 g/mol. The second-order valence-electron chi connectivity index (χ2n) is 7.32. The number of ether oxygens (including phenoxy) is 3. The van der Waals surface area contributed by atoms with E-state index in [2.05, 4.69) is 23.8 Å². The van der Waals surface area contributed by atoms with E-state index >= 15 is 0 Å². The molecule has 1 aromatic heterocycles. The molecule has 0 aliphatic rings. The van der Waals surface area contributed by atoms with Crippen LogP contribution in [-0.4, -0.2) is 31.2 Å². The van der Waals surface area contributed by atoms with E-state index < -0.39 is 5.91 Å². The number of rotatable bonds is 12. The Kier molecular flexibility index (Phi) is 9.46. The van der Waals surface area contributed by atoms with Crippen molar-refractivity contribution in [3.8, 4) is 23.3 Å². The maximum atomic E-state index is 12.5. The Hall–Kier alpha value is -4.09. The molecule has 0 spiro atoms. The molecule has 35 heavy (non-hydrogen) atoms. The Bertz CT molecular complexity index is 1230. The quantitative estimate of drug-likeness (QED) is 0.157. The summed E-state index contributed by atoms with van der Waals surface area (Å²) in [6.45, 7) is 6.59. The van der Waals surface area contributed by atoms with Crippen molar-refractivity contribution < 1.29 is 19.0 Å². The molecule has 0 saturated heterocycles. The van der Waals surface area contributed by atoms with Crippen molar-refractivity contribution in [2.75, 3.05) is 25.6 Å². The maximum Gasteiger partial charge on any atom is 0.268 e. The molecule has 0 aliphatic carbocycles. The molecule has 0 fully saturated rings. The van der Waals surface area contributed by atoms with Crippen LogP contribution in [0.4, 0.5) is 5.13 Å². The molecule has 180 valence electrons. The van der Waals surface area contributed by atoms with Crippen LogP contribution in [0.1, 0.15) is 23.6 Å². The molecule has 3 aromatic rings. The number of carbonyl (C=O) groups is 1. The van der Waals surface area contributed by atoms with Crippen molar-refractivity contribution in [1.29, 1.82) is 5.26 Å². The Morgan fingerprint density at radius 2 is 2.00 bits per heavy atom. The number of nitriles is 1. The van der Waals surface area contributed by atoms with E-state index in [1.165, 1.54) is 17.4 Å². The van der Waals surface area contributed by atoms with Crippen LogP contribution < -0.4 is 19.5 Å². The number of methoxy groups -OCH3 is 1. The standard InChI is InChI=1S/C27H27N3O4S/c1-4-8-21-15-19(16-22(18-28)26(31)30-27-29-11-14-35-27)17-24(32-3)25(21)34-13-12-33-23-10-7-6-9-20(23)5-2/h4,6-7,9-11,14-17H,1,5,8,12-13H2,2-3H3,(H,29,30,31).